The highest BCUT2D eigenvalue weighted by Crippen LogP contribution is 2.20. The fraction of sp³-hybridized carbons (Fsp3) is 0.647. The number of benzene rings is 1. The molecule has 3 nitrogen and oxygen atoms in total. The van der Waals surface area contributed by atoms with Crippen LogP contribution in [0.1, 0.15) is 25.8 Å². The molecule has 2 unspecified atom stereocenters. The van der Waals surface area contributed by atoms with E-state index in [0.29, 0.717) is 12.0 Å². The van der Waals surface area contributed by atoms with Crippen LogP contribution in [0.3, 0.4) is 0 Å². The zero-order chi connectivity index (χ0) is 14.4. The smallest absolute Gasteiger partial charge is 0.0624 e. The Bertz CT molecular complexity index is 390. The van der Waals surface area contributed by atoms with Gasteiger partial charge in [-0.3, -0.25) is 0 Å². The van der Waals surface area contributed by atoms with Gasteiger partial charge in [0.15, 0.2) is 0 Å². The number of rotatable bonds is 7. The van der Waals surface area contributed by atoms with Gasteiger partial charge in [0, 0.05) is 31.2 Å². The summed E-state index contributed by atoms with van der Waals surface area (Å²) in [6, 6.07) is 9.41. The molecule has 0 aromatic heterocycles. The largest absolute Gasteiger partial charge is 0.379 e. The van der Waals surface area contributed by atoms with E-state index >= 15 is 0 Å². The zero-order valence-electron chi connectivity index (χ0n) is 13.1. The van der Waals surface area contributed by atoms with E-state index in [-0.39, 0.29) is 0 Å². The van der Waals surface area contributed by atoms with Gasteiger partial charge in [0.2, 0.25) is 0 Å². The van der Waals surface area contributed by atoms with Gasteiger partial charge in [-0.1, -0.05) is 26.0 Å². The predicted octanol–water partition coefficient (Wildman–Crippen LogP) is 2.70. The number of nitrogens with one attached hydrogen (secondary N) is 1. The number of aryl methyl sites for hydroxylation is 1. The molecule has 1 aliphatic rings. The summed E-state index contributed by atoms with van der Waals surface area (Å²) in [5, 5.41) is 3.60. The minimum atomic E-state index is 0.507. The number of anilines is 1. The van der Waals surface area contributed by atoms with Crippen molar-refractivity contribution in [2.45, 2.75) is 32.7 Å². The fourth-order valence-corrected chi connectivity index (χ4v) is 2.78. The van der Waals surface area contributed by atoms with Crippen LogP contribution in [0.4, 0.5) is 5.69 Å². The lowest BCUT2D eigenvalue weighted by Gasteiger charge is -2.26. The Kier molecular flexibility index (Phi) is 5.86. The Morgan fingerprint density at radius 1 is 1.20 bits per heavy atom. The van der Waals surface area contributed by atoms with E-state index in [1.54, 1.807) is 0 Å². The van der Waals surface area contributed by atoms with Gasteiger partial charge in [-0.2, -0.15) is 0 Å². The molecule has 0 bridgehead atoms. The zero-order valence-corrected chi connectivity index (χ0v) is 13.1. The van der Waals surface area contributed by atoms with E-state index in [2.05, 4.69) is 55.4 Å². The minimum absolute atomic E-state index is 0.507. The normalized spacial score (nSPS) is 22.1. The predicted molar refractivity (Wildman–Crippen MR) is 85.5 cm³/mol. The summed E-state index contributed by atoms with van der Waals surface area (Å²) in [6.07, 6.45) is 2.28. The molecule has 0 amide bonds. The number of hydrogen-bond acceptors (Lipinski definition) is 3. The van der Waals surface area contributed by atoms with Crippen molar-refractivity contribution in [2.24, 2.45) is 5.92 Å². The molecule has 20 heavy (non-hydrogen) atoms. The molecule has 3 heteroatoms. The van der Waals surface area contributed by atoms with Gasteiger partial charge in [0.25, 0.3) is 0 Å². The van der Waals surface area contributed by atoms with Crippen molar-refractivity contribution in [2.75, 3.05) is 38.3 Å². The van der Waals surface area contributed by atoms with Crippen molar-refractivity contribution in [1.29, 1.82) is 0 Å². The van der Waals surface area contributed by atoms with Crippen molar-refractivity contribution in [1.82, 2.24) is 5.32 Å². The Labute approximate surface area is 123 Å². The first-order valence-electron chi connectivity index (χ1n) is 7.85. The molecule has 0 spiro atoms. The average molecular weight is 276 g/mol. The van der Waals surface area contributed by atoms with E-state index < -0.39 is 0 Å². The quantitative estimate of drug-likeness (QED) is 0.828. The Hall–Kier alpha value is -1.06. The van der Waals surface area contributed by atoms with Crippen molar-refractivity contribution in [3.8, 4) is 0 Å². The molecular formula is C17H28N2O. The monoisotopic (exact) mass is 276 g/mol. The van der Waals surface area contributed by atoms with Crippen LogP contribution in [0, 0.1) is 5.92 Å². The molecule has 1 saturated heterocycles. The fourth-order valence-electron chi connectivity index (χ4n) is 2.78. The molecule has 1 aromatic carbocycles. The topological polar surface area (TPSA) is 24.5 Å². The molecule has 1 heterocycles. The first-order chi connectivity index (χ1) is 9.74. The van der Waals surface area contributed by atoms with E-state index in [1.807, 2.05) is 0 Å². The molecule has 2 rings (SSSR count). The maximum absolute atomic E-state index is 5.65. The molecule has 1 N–H and O–H groups in total. The third-order valence-electron chi connectivity index (χ3n) is 4.15. The third kappa shape index (κ3) is 3.97. The maximum atomic E-state index is 5.65. The third-order valence-corrected chi connectivity index (χ3v) is 4.15. The summed E-state index contributed by atoms with van der Waals surface area (Å²) in [5.41, 5.74) is 2.69. The molecule has 0 aliphatic carbocycles. The number of hydrogen-bond donors (Lipinski definition) is 1. The van der Waals surface area contributed by atoms with Gasteiger partial charge in [-0.25, -0.2) is 0 Å². The van der Waals surface area contributed by atoms with Crippen LogP contribution in [0.5, 0.6) is 0 Å². The molecule has 1 aromatic rings. The Morgan fingerprint density at radius 2 is 1.95 bits per heavy atom. The summed E-state index contributed by atoms with van der Waals surface area (Å²) >= 11 is 0. The highest BCUT2D eigenvalue weighted by Gasteiger charge is 2.28. The molecule has 1 aliphatic heterocycles. The van der Waals surface area contributed by atoms with Crippen LogP contribution in [-0.2, 0) is 11.2 Å². The summed E-state index contributed by atoms with van der Waals surface area (Å²) in [6.45, 7) is 8.26. The highest BCUT2D eigenvalue weighted by molar-refractivity contribution is 5.47. The van der Waals surface area contributed by atoms with Gasteiger partial charge in [0.1, 0.15) is 0 Å². The van der Waals surface area contributed by atoms with Crippen molar-refractivity contribution in [3.05, 3.63) is 29.8 Å². The first-order valence-corrected chi connectivity index (χ1v) is 7.85. The second-order valence-electron chi connectivity index (χ2n) is 5.76. The summed E-state index contributed by atoms with van der Waals surface area (Å²) < 4.78 is 5.65. The molecule has 112 valence electrons. The second-order valence-corrected chi connectivity index (χ2v) is 5.76. The lowest BCUT2D eigenvalue weighted by Crippen LogP contribution is -2.41. The van der Waals surface area contributed by atoms with Gasteiger partial charge in [0.05, 0.1) is 13.2 Å². The van der Waals surface area contributed by atoms with Crippen molar-refractivity contribution >= 4 is 5.69 Å². The van der Waals surface area contributed by atoms with Crippen LogP contribution in [0.2, 0.25) is 0 Å². The first kappa shape index (κ1) is 15.3. The number of nitrogens with zero attached hydrogens (tertiary/aromatic N) is 1. The van der Waals surface area contributed by atoms with Gasteiger partial charge >= 0.3 is 0 Å². The SMILES string of the molecule is CCCNC1COCC1CN(C)c1ccc(CC)cc1. The van der Waals surface area contributed by atoms with Crippen molar-refractivity contribution < 1.29 is 4.74 Å². The average Bonchev–Trinajstić information content (AvgIpc) is 2.92. The van der Waals surface area contributed by atoms with Crippen LogP contribution < -0.4 is 10.2 Å². The Balaban J connectivity index is 1.90. The molecule has 0 radical (unpaired) electrons. The van der Waals surface area contributed by atoms with Gasteiger partial charge in [-0.15, -0.1) is 0 Å². The Morgan fingerprint density at radius 3 is 2.60 bits per heavy atom. The molecule has 1 fully saturated rings. The molecule has 2 atom stereocenters. The van der Waals surface area contributed by atoms with Crippen LogP contribution >= 0.6 is 0 Å². The van der Waals surface area contributed by atoms with Crippen LogP contribution in [-0.4, -0.2) is 39.4 Å². The van der Waals surface area contributed by atoms with Crippen LogP contribution in [0.25, 0.3) is 0 Å². The van der Waals surface area contributed by atoms with E-state index in [9.17, 15) is 0 Å². The van der Waals surface area contributed by atoms with E-state index in [0.717, 1.165) is 32.7 Å². The van der Waals surface area contributed by atoms with Crippen molar-refractivity contribution in [3.63, 3.8) is 0 Å². The van der Waals surface area contributed by atoms with Crippen LogP contribution in [0.15, 0.2) is 24.3 Å². The maximum Gasteiger partial charge on any atom is 0.0624 e. The van der Waals surface area contributed by atoms with E-state index in [1.165, 1.54) is 17.7 Å². The van der Waals surface area contributed by atoms with Gasteiger partial charge < -0.3 is 15.0 Å². The summed E-state index contributed by atoms with van der Waals surface area (Å²) in [5.74, 6) is 0.581. The molecular weight excluding hydrogens is 248 g/mol. The summed E-state index contributed by atoms with van der Waals surface area (Å²) in [7, 11) is 2.18. The standard InChI is InChI=1S/C17H28N2O/c1-4-10-18-17-13-20-12-15(17)11-19(3)16-8-6-14(5-2)7-9-16/h6-9,15,17-18H,4-5,10-13H2,1-3H3. The highest BCUT2D eigenvalue weighted by atomic mass is 16.5. The minimum Gasteiger partial charge on any atom is -0.379 e. The second kappa shape index (κ2) is 7.65. The van der Waals surface area contributed by atoms with E-state index in [4.69, 9.17) is 4.74 Å². The lowest BCUT2D eigenvalue weighted by atomic mass is 10.0. The summed E-state index contributed by atoms with van der Waals surface area (Å²) in [4.78, 5) is 2.35. The molecule has 0 saturated carbocycles. The lowest BCUT2D eigenvalue weighted by molar-refractivity contribution is 0.183. The number of ether oxygens (including phenoxy) is 1. The van der Waals surface area contributed by atoms with Gasteiger partial charge in [-0.05, 0) is 37.1 Å².